The van der Waals surface area contributed by atoms with Crippen molar-refractivity contribution in [1.82, 2.24) is 20.2 Å². The second-order valence-electron chi connectivity index (χ2n) is 8.90. The van der Waals surface area contributed by atoms with Crippen LogP contribution in [0.2, 0.25) is 0 Å². The fraction of sp³-hybridized carbons (Fsp3) is 0.321. The molecule has 1 aliphatic rings. The monoisotopic (exact) mass is 531 g/mol. The number of benzene rings is 2. The number of aromatic nitrogens is 2. The molecule has 3 aromatic rings. The molecule has 0 saturated carbocycles. The van der Waals surface area contributed by atoms with Crippen LogP contribution < -0.4 is 25.6 Å². The highest BCUT2D eigenvalue weighted by Gasteiger charge is 2.27. The van der Waals surface area contributed by atoms with Crippen LogP contribution in [0.3, 0.4) is 0 Å². The summed E-state index contributed by atoms with van der Waals surface area (Å²) in [6.45, 7) is 6.91. The molecule has 0 unspecified atom stereocenters. The smallest absolute Gasteiger partial charge is 0.315 e. The van der Waals surface area contributed by atoms with E-state index >= 15 is 0 Å². The molecule has 4 rings (SSSR count). The van der Waals surface area contributed by atoms with Crippen molar-refractivity contribution < 1.29 is 19.1 Å². The molecule has 11 nitrogen and oxygen atoms in total. The Balaban J connectivity index is 1.39. The third kappa shape index (κ3) is 7.67. The van der Waals surface area contributed by atoms with Gasteiger partial charge in [0.2, 0.25) is 5.91 Å². The third-order valence-electron chi connectivity index (χ3n) is 6.08. The van der Waals surface area contributed by atoms with E-state index in [2.05, 4.69) is 30.8 Å². The lowest BCUT2D eigenvalue weighted by molar-refractivity contribution is -0.143. The quantitative estimate of drug-likeness (QED) is 0.284. The summed E-state index contributed by atoms with van der Waals surface area (Å²) < 4.78 is 5.50. The van der Waals surface area contributed by atoms with Crippen LogP contribution in [0.25, 0.3) is 11.4 Å². The van der Waals surface area contributed by atoms with Crippen LogP contribution in [0.4, 0.5) is 17.3 Å². The molecule has 11 heteroatoms. The first-order valence-electron chi connectivity index (χ1n) is 12.9. The van der Waals surface area contributed by atoms with Gasteiger partial charge in [0, 0.05) is 63.5 Å². The summed E-state index contributed by atoms with van der Waals surface area (Å²) in [7, 11) is 0. The Kier molecular flexibility index (Phi) is 9.28. The molecule has 0 aliphatic carbocycles. The molecular weight excluding hydrogens is 498 g/mol. The van der Waals surface area contributed by atoms with E-state index in [0.717, 1.165) is 17.0 Å². The number of rotatable bonds is 9. The zero-order valence-electron chi connectivity index (χ0n) is 22.1. The van der Waals surface area contributed by atoms with E-state index in [9.17, 15) is 14.4 Å². The summed E-state index contributed by atoms with van der Waals surface area (Å²) in [5.41, 5.74) is 1.80. The van der Waals surface area contributed by atoms with Gasteiger partial charge in [-0.15, -0.1) is 0 Å². The lowest BCUT2D eigenvalue weighted by atomic mass is 10.2. The average Bonchev–Trinajstić information content (AvgIpc) is 2.96. The summed E-state index contributed by atoms with van der Waals surface area (Å²) >= 11 is 0. The van der Waals surface area contributed by atoms with Gasteiger partial charge >= 0.3 is 11.8 Å². The molecule has 0 radical (unpaired) electrons. The van der Waals surface area contributed by atoms with Crippen LogP contribution >= 0.6 is 0 Å². The van der Waals surface area contributed by atoms with Crippen LogP contribution in [0.5, 0.6) is 5.75 Å². The summed E-state index contributed by atoms with van der Waals surface area (Å²) in [5.74, 6) is 0.382. The van der Waals surface area contributed by atoms with Gasteiger partial charge in [0.05, 0.1) is 6.61 Å². The van der Waals surface area contributed by atoms with Gasteiger partial charge in [0.1, 0.15) is 17.4 Å². The molecule has 39 heavy (non-hydrogen) atoms. The Morgan fingerprint density at radius 1 is 0.897 bits per heavy atom. The van der Waals surface area contributed by atoms with E-state index < -0.39 is 11.8 Å². The largest absolute Gasteiger partial charge is 0.494 e. The highest BCUT2D eigenvalue weighted by molar-refractivity contribution is 6.39. The minimum atomic E-state index is -0.758. The van der Waals surface area contributed by atoms with Gasteiger partial charge in [-0.2, -0.15) is 0 Å². The maximum atomic E-state index is 13.0. The molecule has 1 saturated heterocycles. The Bertz CT molecular complexity index is 1280. The minimum Gasteiger partial charge on any atom is -0.494 e. The molecule has 2 aromatic carbocycles. The van der Waals surface area contributed by atoms with E-state index in [1.807, 2.05) is 61.5 Å². The van der Waals surface area contributed by atoms with Crippen LogP contribution in [-0.2, 0) is 14.4 Å². The van der Waals surface area contributed by atoms with Crippen molar-refractivity contribution in [2.24, 2.45) is 0 Å². The number of carbonyl (C=O) groups excluding carboxylic acids is 3. The molecule has 3 amide bonds. The number of anilines is 3. The number of amides is 3. The first-order chi connectivity index (χ1) is 18.9. The van der Waals surface area contributed by atoms with Gasteiger partial charge in [0.25, 0.3) is 0 Å². The minimum absolute atomic E-state index is 0.128. The van der Waals surface area contributed by atoms with E-state index in [1.165, 1.54) is 6.92 Å². The predicted octanol–water partition coefficient (Wildman–Crippen LogP) is 2.38. The predicted molar refractivity (Wildman–Crippen MR) is 150 cm³/mol. The Labute approximate surface area is 227 Å². The molecule has 204 valence electrons. The molecule has 1 fully saturated rings. The van der Waals surface area contributed by atoms with Crippen LogP contribution in [-0.4, -0.2) is 78.5 Å². The maximum Gasteiger partial charge on any atom is 0.315 e. The molecule has 1 aliphatic heterocycles. The van der Waals surface area contributed by atoms with Crippen molar-refractivity contribution in [3.05, 3.63) is 60.7 Å². The number of ether oxygens (including phenoxy) is 1. The van der Waals surface area contributed by atoms with Crippen molar-refractivity contribution in [3.63, 3.8) is 0 Å². The highest BCUT2D eigenvalue weighted by Crippen LogP contribution is 2.22. The normalized spacial score (nSPS) is 13.0. The number of hydrogen-bond donors (Lipinski definition) is 3. The first-order valence-corrected chi connectivity index (χ1v) is 12.9. The van der Waals surface area contributed by atoms with Crippen molar-refractivity contribution in [3.8, 4) is 17.1 Å². The summed E-state index contributed by atoms with van der Waals surface area (Å²) in [4.78, 5) is 49.7. The van der Waals surface area contributed by atoms with Gasteiger partial charge in [0.15, 0.2) is 5.82 Å². The van der Waals surface area contributed by atoms with Gasteiger partial charge in [-0.05, 0) is 31.2 Å². The summed E-state index contributed by atoms with van der Waals surface area (Å²) in [6, 6.07) is 18.7. The van der Waals surface area contributed by atoms with Crippen molar-refractivity contribution in [1.29, 1.82) is 0 Å². The summed E-state index contributed by atoms with van der Waals surface area (Å²) in [6.07, 6.45) is 0. The van der Waals surface area contributed by atoms with Crippen LogP contribution in [0.15, 0.2) is 60.7 Å². The van der Waals surface area contributed by atoms with Crippen molar-refractivity contribution in [2.75, 3.05) is 61.4 Å². The Morgan fingerprint density at radius 2 is 1.59 bits per heavy atom. The molecule has 2 heterocycles. The lowest BCUT2D eigenvalue weighted by Crippen LogP contribution is -2.51. The van der Waals surface area contributed by atoms with E-state index in [0.29, 0.717) is 57.5 Å². The number of piperazine rings is 1. The second-order valence-corrected chi connectivity index (χ2v) is 8.90. The molecule has 1 aromatic heterocycles. The fourth-order valence-corrected chi connectivity index (χ4v) is 4.15. The van der Waals surface area contributed by atoms with Gasteiger partial charge in [-0.1, -0.05) is 30.3 Å². The second kappa shape index (κ2) is 13.2. The van der Waals surface area contributed by atoms with Crippen molar-refractivity contribution >= 4 is 35.0 Å². The van der Waals surface area contributed by atoms with Crippen LogP contribution in [0, 0.1) is 0 Å². The number of nitrogens with one attached hydrogen (secondary N) is 3. The fourth-order valence-electron chi connectivity index (χ4n) is 4.15. The van der Waals surface area contributed by atoms with Gasteiger partial charge < -0.3 is 30.5 Å². The average molecular weight is 532 g/mol. The highest BCUT2D eigenvalue weighted by atomic mass is 16.5. The van der Waals surface area contributed by atoms with E-state index in [1.54, 1.807) is 11.0 Å². The molecule has 0 bridgehead atoms. The Morgan fingerprint density at radius 3 is 2.26 bits per heavy atom. The maximum absolute atomic E-state index is 13.0. The zero-order valence-corrected chi connectivity index (χ0v) is 22.1. The zero-order chi connectivity index (χ0) is 27.6. The molecular formula is C28H33N7O4. The summed E-state index contributed by atoms with van der Waals surface area (Å²) in [5, 5.41) is 8.47. The first kappa shape index (κ1) is 27.4. The standard InChI is InChI=1S/C28H33N7O4/c1-3-39-23-11-9-22(10-12-23)34-15-17-35(18-16-34)28(38)27(37)33-25-19-24(30-14-13-29-20(2)36)31-26(32-25)21-7-5-4-6-8-21/h4-12,19H,3,13-18H2,1-2H3,(H,29,36)(H2,30,31,32,33,37). The Hall–Kier alpha value is -4.67. The number of carbonyl (C=O) groups is 3. The van der Waals surface area contributed by atoms with Gasteiger partial charge in [-0.3, -0.25) is 14.4 Å². The van der Waals surface area contributed by atoms with E-state index in [4.69, 9.17) is 4.74 Å². The molecule has 3 N–H and O–H groups in total. The third-order valence-corrected chi connectivity index (χ3v) is 6.08. The van der Waals surface area contributed by atoms with Gasteiger partial charge in [-0.25, -0.2) is 9.97 Å². The van der Waals surface area contributed by atoms with Crippen LogP contribution in [0.1, 0.15) is 13.8 Å². The number of hydrogen-bond acceptors (Lipinski definition) is 8. The van der Waals surface area contributed by atoms with E-state index in [-0.39, 0.29) is 11.7 Å². The van der Waals surface area contributed by atoms with Crippen molar-refractivity contribution in [2.45, 2.75) is 13.8 Å². The lowest BCUT2D eigenvalue weighted by Gasteiger charge is -2.35. The SMILES string of the molecule is CCOc1ccc(N2CCN(C(=O)C(=O)Nc3cc(NCCNC(C)=O)nc(-c4ccccc4)n3)CC2)cc1. The molecule has 0 atom stereocenters. The topological polar surface area (TPSA) is 129 Å². The molecule has 0 spiro atoms. The number of nitrogens with zero attached hydrogens (tertiary/aromatic N) is 4.